The summed E-state index contributed by atoms with van der Waals surface area (Å²) in [4.78, 5) is 0. The molecule has 0 radical (unpaired) electrons. The Balaban J connectivity index is 1.97. The highest BCUT2D eigenvalue weighted by Gasteiger charge is 2.27. The van der Waals surface area contributed by atoms with Crippen molar-refractivity contribution < 1.29 is 12.8 Å². The average molecular weight is 299 g/mol. The second-order valence-corrected chi connectivity index (χ2v) is 7.76. The van der Waals surface area contributed by atoms with E-state index in [2.05, 4.69) is 11.6 Å². The smallest absolute Gasteiger partial charge is 0.212 e. The lowest BCUT2D eigenvalue weighted by Gasteiger charge is -2.17. The molecular formula is C15H22FNO2S. The fraction of sp³-hybridized carbons (Fsp3) is 0.600. The van der Waals surface area contributed by atoms with Crippen molar-refractivity contribution in [2.24, 2.45) is 11.8 Å². The molecule has 0 bridgehead atoms. The molecule has 2 rings (SSSR count). The molecule has 112 valence electrons. The molecule has 3 nitrogen and oxygen atoms in total. The van der Waals surface area contributed by atoms with Gasteiger partial charge in [0.1, 0.15) is 5.82 Å². The maximum atomic E-state index is 13.2. The van der Waals surface area contributed by atoms with Gasteiger partial charge in [0.2, 0.25) is 10.0 Å². The van der Waals surface area contributed by atoms with Gasteiger partial charge in [-0.05, 0) is 49.3 Å². The molecule has 0 heterocycles. The normalized spacial score (nSPS) is 24.8. The van der Waals surface area contributed by atoms with Crippen molar-refractivity contribution in [3.8, 4) is 0 Å². The third kappa shape index (κ3) is 4.28. The molecule has 3 atom stereocenters. The van der Waals surface area contributed by atoms with Crippen LogP contribution in [0.4, 0.5) is 4.39 Å². The molecule has 5 heteroatoms. The monoisotopic (exact) mass is 299 g/mol. The fourth-order valence-electron chi connectivity index (χ4n) is 2.95. The summed E-state index contributed by atoms with van der Waals surface area (Å²) in [6, 6.07) is 5.63. The minimum absolute atomic E-state index is 0.178. The van der Waals surface area contributed by atoms with E-state index in [-0.39, 0.29) is 17.5 Å². The summed E-state index contributed by atoms with van der Waals surface area (Å²) in [6.07, 6.45) is 3.07. The van der Waals surface area contributed by atoms with Crippen LogP contribution in [0.15, 0.2) is 24.3 Å². The molecule has 0 aromatic heterocycles. The molecule has 20 heavy (non-hydrogen) atoms. The van der Waals surface area contributed by atoms with Gasteiger partial charge >= 0.3 is 0 Å². The molecule has 1 aromatic carbocycles. The van der Waals surface area contributed by atoms with Gasteiger partial charge in [-0.2, -0.15) is 0 Å². The van der Waals surface area contributed by atoms with E-state index in [1.54, 1.807) is 19.1 Å². The second-order valence-electron chi connectivity index (χ2n) is 5.96. The van der Waals surface area contributed by atoms with Gasteiger partial charge in [0.15, 0.2) is 0 Å². The van der Waals surface area contributed by atoms with Gasteiger partial charge in [0.25, 0.3) is 0 Å². The first-order valence-electron chi connectivity index (χ1n) is 7.11. The standard InChI is InChI=1S/C15H22FNO2S/c1-11-6-7-13(8-11)10-20(18,19)17-12(2)14-4-3-5-15(16)9-14/h3-5,9,11-13,17H,6-8,10H2,1-2H3. The van der Waals surface area contributed by atoms with Crippen LogP contribution in [0.5, 0.6) is 0 Å². The van der Waals surface area contributed by atoms with Crippen molar-refractivity contribution in [2.75, 3.05) is 5.75 Å². The van der Waals surface area contributed by atoms with Crippen LogP contribution in [0.3, 0.4) is 0 Å². The lowest BCUT2D eigenvalue weighted by Crippen LogP contribution is -2.31. The highest BCUT2D eigenvalue weighted by molar-refractivity contribution is 7.89. The topological polar surface area (TPSA) is 46.2 Å². The van der Waals surface area contributed by atoms with Gasteiger partial charge < -0.3 is 0 Å². The van der Waals surface area contributed by atoms with Crippen LogP contribution in [-0.4, -0.2) is 14.2 Å². The number of rotatable bonds is 5. The molecule has 1 N–H and O–H groups in total. The first-order chi connectivity index (χ1) is 9.35. The van der Waals surface area contributed by atoms with E-state index in [4.69, 9.17) is 0 Å². The van der Waals surface area contributed by atoms with E-state index < -0.39 is 16.1 Å². The molecule has 1 fully saturated rings. The summed E-state index contributed by atoms with van der Waals surface area (Å²) >= 11 is 0. The Bertz CT molecular complexity index is 559. The van der Waals surface area contributed by atoms with Crippen LogP contribution in [-0.2, 0) is 10.0 Å². The molecule has 1 aliphatic rings. The second kappa shape index (κ2) is 6.22. The lowest BCUT2D eigenvalue weighted by atomic mass is 10.1. The van der Waals surface area contributed by atoms with Gasteiger partial charge in [-0.1, -0.05) is 25.5 Å². The van der Waals surface area contributed by atoms with E-state index in [1.165, 1.54) is 12.1 Å². The molecule has 1 saturated carbocycles. The number of hydrogen-bond acceptors (Lipinski definition) is 2. The number of sulfonamides is 1. The minimum atomic E-state index is -3.32. The Labute approximate surface area is 120 Å². The SMILES string of the molecule is CC1CCC(CS(=O)(=O)NC(C)c2cccc(F)c2)C1. The van der Waals surface area contributed by atoms with Crippen LogP contribution < -0.4 is 4.72 Å². The predicted molar refractivity (Wildman–Crippen MR) is 78.2 cm³/mol. The Hall–Kier alpha value is -0.940. The summed E-state index contributed by atoms with van der Waals surface area (Å²) in [7, 11) is -3.32. The summed E-state index contributed by atoms with van der Waals surface area (Å²) in [5, 5.41) is 0. The van der Waals surface area contributed by atoms with Gasteiger partial charge in [-0.25, -0.2) is 17.5 Å². The highest BCUT2D eigenvalue weighted by atomic mass is 32.2. The van der Waals surface area contributed by atoms with Gasteiger partial charge in [0.05, 0.1) is 5.75 Å². The summed E-state index contributed by atoms with van der Waals surface area (Å²) < 4.78 is 40.1. The maximum absolute atomic E-state index is 13.2. The summed E-state index contributed by atoms with van der Waals surface area (Å²) in [5.41, 5.74) is 0.647. The van der Waals surface area contributed by atoms with Crippen molar-refractivity contribution in [1.82, 2.24) is 4.72 Å². The lowest BCUT2D eigenvalue weighted by molar-refractivity contribution is 0.522. The number of nitrogens with one attached hydrogen (secondary N) is 1. The first kappa shape index (κ1) is 15.4. The van der Waals surface area contributed by atoms with E-state index in [0.717, 1.165) is 19.3 Å². The zero-order chi connectivity index (χ0) is 14.8. The first-order valence-corrected chi connectivity index (χ1v) is 8.76. The molecule has 1 aliphatic carbocycles. The average Bonchev–Trinajstić information content (AvgIpc) is 2.73. The van der Waals surface area contributed by atoms with Crippen molar-refractivity contribution in [2.45, 2.75) is 39.2 Å². The Morgan fingerprint density at radius 2 is 2.15 bits per heavy atom. The van der Waals surface area contributed by atoms with Crippen molar-refractivity contribution in [3.05, 3.63) is 35.6 Å². The minimum Gasteiger partial charge on any atom is -0.212 e. The fourth-order valence-corrected chi connectivity index (χ4v) is 4.64. The maximum Gasteiger partial charge on any atom is 0.212 e. The molecule has 1 aromatic rings. The van der Waals surface area contributed by atoms with E-state index in [9.17, 15) is 12.8 Å². The highest BCUT2D eigenvalue weighted by Crippen LogP contribution is 2.31. The molecule has 3 unspecified atom stereocenters. The summed E-state index contributed by atoms with van der Waals surface area (Å²) in [5.74, 6) is 0.702. The Kier molecular flexibility index (Phi) is 4.81. The zero-order valence-electron chi connectivity index (χ0n) is 12.0. The largest absolute Gasteiger partial charge is 0.212 e. The van der Waals surface area contributed by atoms with Crippen LogP contribution in [0.1, 0.15) is 44.7 Å². The molecule has 0 amide bonds. The third-order valence-corrected chi connectivity index (χ3v) is 5.59. The number of halogens is 1. The van der Waals surface area contributed by atoms with Gasteiger partial charge in [0, 0.05) is 6.04 Å². The Morgan fingerprint density at radius 1 is 1.40 bits per heavy atom. The number of hydrogen-bond donors (Lipinski definition) is 1. The van der Waals surface area contributed by atoms with Crippen LogP contribution >= 0.6 is 0 Å². The van der Waals surface area contributed by atoms with E-state index in [0.29, 0.717) is 11.5 Å². The molecular weight excluding hydrogens is 277 g/mol. The Morgan fingerprint density at radius 3 is 2.75 bits per heavy atom. The van der Waals surface area contributed by atoms with Gasteiger partial charge in [-0.15, -0.1) is 0 Å². The summed E-state index contributed by atoms with van der Waals surface area (Å²) in [6.45, 7) is 3.90. The quantitative estimate of drug-likeness (QED) is 0.907. The van der Waals surface area contributed by atoms with Crippen molar-refractivity contribution >= 4 is 10.0 Å². The van der Waals surface area contributed by atoms with Gasteiger partial charge in [-0.3, -0.25) is 0 Å². The molecule has 0 aliphatic heterocycles. The van der Waals surface area contributed by atoms with Crippen LogP contribution in [0, 0.1) is 17.7 Å². The van der Waals surface area contributed by atoms with Crippen LogP contribution in [0.2, 0.25) is 0 Å². The predicted octanol–water partition coefficient (Wildman–Crippen LogP) is 3.24. The van der Waals surface area contributed by atoms with E-state index in [1.807, 2.05) is 0 Å². The van der Waals surface area contributed by atoms with E-state index >= 15 is 0 Å². The molecule has 0 saturated heterocycles. The number of benzene rings is 1. The van der Waals surface area contributed by atoms with Crippen LogP contribution in [0.25, 0.3) is 0 Å². The van der Waals surface area contributed by atoms with Crippen molar-refractivity contribution in [3.63, 3.8) is 0 Å². The third-order valence-electron chi connectivity index (χ3n) is 3.96. The van der Waals surface area contributed by atoms with Crippen molar-refractivity contribution in [1.29, 1.82) is 0 Å². The zero-order valence-corrected chi connectivity index (χ0v) is 12.8. The molecule has 0 spiro atoms.